The van der Waals surface area contributed by atoms with Gasteiger partial charge in [-0.1, -0.05) is 20.8 Å². The van der Waals surface area contributed by atoms with Crippen molar-refractivity contribution in [3.63, 3.8) is 0 Å². The van der Waals surface area contributed by atoms with Crippen molar-refractivity contribution < 1.29 is 19.0 Å². The number of alkyl halides is 1. The fourth-order valence-electron chi connectivity index (χ4n) is 2.71. The van der Waals surface area contributed by atoms with Crippen molar-refractivity contribution >= 4 is 17.5 Å². The number of halogens is 1. The van der Waals surface area contributed by atoms with Gasteiger partial charge in [0.25, 0.3) is 0 Å². The molecule has 2 rings (SSSR count). The predicted molar refractivity (Wildman–Crippen MR) is 105 cm³/mol. The van der Waals surface area contributed by atoms with Crippen molar-refractivity contribution in [2.45, 2.75) is 33.6 Å². The fourth-order valence-corrected chi connectivity index (χ4v) is 2.71. The topological polar surface area (TPSA) is 62.7 Å². The molecular formula is C21H27FN2O3. The van der Waals surface area contributed by atoms with E-state index in [-0.39, 0.29) is 17.4 Å². The van der Waals surface area contributed by atoms with Gasteiger partial charge >= 0.3 is 5.97 Å². The molecule has 1 N–H and O–H groups in total. The third kappa shape index (κ3) is 5.18. The van der Waals surface area contributed by atoms with Gasteiger partial charge < -0.3 is 14.7 Å². The van der Waals surface area contributed by atoms with E-state index in [9.17, 15) is 9.18 Å². The number of benzene rings is 1. The first-order chi connectivity index (χ1) is 12.9. The zero-order valence-corrected chi connectivity index (χ0v) is 16.3. The minimum absolute atomic E-state index is 0.145. The number of carboxylic acid groups (broad SMARTS) is 1. The Morgan fingerprint density at radius 3 is 2.52 bits per heavy atom. The molecule has 1 unspecified atom stereocenters. The van der Waals surface area contributed by atoms with Gasteiger partial charge in [-0.25, -0.2) is 9.78 Å². The van der Waals surface area contributed by atoms with E-state index in [1.807, 2.05) is 30.9 Å². The highest BCUT2D eigenvalue weighted by molar-refractivity contribution is 5.87. The second kappa shape index (κ2) is 9.35. The highest BCUT2D eigenvalue weighted by Gasteiger charge is 2.15. The number of aromatic nitrogens is 1. The zero-order chi connectivity index (χ0) is 20.0. The molecule has 0 saturated carbocycles. The summed E-state index contributed by atoms with van der Waals surface area (Å²) in [6, 6.07) is 9.15. The zero-order valence-electron chi connectivity index (χ0n) is 16.3. The van der Waals surface area contributed by atoms with Crippen molar-refractivity contribution in [2.75, 3.05) is 24.7 Å². The smallest absolute Gasteiger partial charge is 0.337 e. The van der Waals surface area contributed by atoms with Crippen molar-refractivity contribution in [1.29, 1.82) is 0 Å². The van der Waals surface area contributed by atoms with Crippen LogP contribution in [0.5, 0.6) is 5.75 Å². The first-order valence-electron chi connectivity index (χ1n) is 9.16. The maximum Gasteiger partial charge on any atom is 0.337 e. The van der Waals surface area contributed by atoms with Crippen LogP contribution in [0.1, 0.15) is 49.5 Å². The number of hydrogen-bond donors (Lipinski definition) is 1. The molecule has 0 amide bonds. The summed E-state index contributed by atoms with van der Waals surface area (Å²) in [5.41, 5.74) is 2.14. The van der Waals surface area contributed by atoms with Crippen LogP contribution in [0, 0.1) is 5.92 Å². The van der Waals surface area contributed by atoms with Gasteiger partial charge in [0, 0.05) is 24.3 Å². The lowest BCUT2D eigenvalue weighted by atomic mass is 10.0. The van der Waals surface area contributed by atoms with Crippen LogP contribution >= 0.6 is 0 Å². The van der Waals surface area contributed by atoms with E-state index in [0.717, 1.165) is 17.0 Å². The number of aromatic carboxylic acids is 1. The minimum Gasteiger partial charge on any atom is -0.493 e. The number of hydrogen-bond acceptors (Lipinski definition) is 4. The summed E-state index contributed by atoms with van der Waals surface area (Å²) in [4.78, 5) is 17.3. The van der Waals surface area contributed by atoms with Gasteiger partial charge in [-0.15, -0.1) is 0 Å². The average molecular weight is 374 g/mol. The molecule has 6 heteroatoms. The number of rotatable bonds is 9. The van der Waals surface area contributed by atoms with Crippen LogP contribution in [0.25, 0.3) is 0 Å². The molecule has 0 bridgehead atoms. The summed E-state index contributed by atoms with van der Waals surface area (Å²) in [5, 5.41) is 9.03. The van der Waals surface area contributed by atoms with Crippen LogP contribution in [0.15, 0.2) is 36.5 Å². The van der Waals surface area contributed by atoms with Crippen LogP contribution in [0.4, 0.5) is 15.9 Å². The third-order valence-corrected chi connectivity index (χ3v) is 4.30. The van der Waals surface area contributed by atoms with Gasteiger partial charge in [0.1, 0.15) is 11.6 Å². The average Bonchev–Trinajstić information content (AvgIpc) is 2.67. The van der Waals surface area contributed by atoms with Crippen molar-refractivity contribution in [1.82, 2.24) is 4.98 Å². The number of anilines is 2. The lowest BCUT2D eigenvalue weighted by molar-refractivity contribution is 0.0696. The van der Waals surface area contributed by atoms with Gasteiger partial charge in [0.2, 0.25) is 0 Å². The fraction of sp³-hybridized carbons (Fsp3) is 0.429. The molecular weight excluding hydrogens is 347 g/mol. The molecule has 0 radical (unpaired) electrons. The molecule has 0 spiro atoms. The highest BCUT2D eigenvalue weighted by atomic mass is 19.1. The van der Waals surface area contributed by atoms with Crippen molar-refractivity contribution in [3.8, 4) is 5.75 Å². The van der Waals surface area contributed by atoms with Gasteiger partial charge in [-0.3, -0.25) is 4.39 Å². The number of carboxylic acids is 1. The summed E-state index contributed by atoms with van der Waals surface area (Å²) in [6.45, 7) is 8.60. The van der Waals surface area contributed by atoms with Gasteiger partial charge in [-0.2, -0.15) is 0 Å². The Kier molecular flexibility index (Phi) is 7.16. The second-order valence-corrected chi connectivity index (χ2v) is 6.90. The summed E-state index contributed by atoms with van der Waals surface area (Å²) in [7, 11) is 0. The number of carbonyl (C=O) groups is 1. The Bertz CT molecular complexity index is 763. The van der Waals surface area contributed by atoms with E-state index in [0.29, 0.717) is 19.0 Å². The largest absolute Gasteiger partial charge is 0.493 e. The minimum atomic E-state index is -0.997. The van der Waals surface area contributed by atoms with Crippen molar-refractivity contribution in [3.05, 3.63) is 47.7 Å². The summed E-state index contributed by atoms with van der Waals surface area (Å²) < 4.78 is 18.5. The van der Waals surface area contributed by atoms with E-state index in [4.69, 9.17) is 9.84 Å². The Labute approximate surface area is 159 Å². The first-order valence-corrected chi connectivity index (χ1v) is 9.16. The molecule has 1 atom stereocenters. The summed E-state index contributed by atoms with van der Waals surface area (Å²) >= 11 is 0. The van der Waals surface area contributed by atoms with E-state index in [2.05, 4.69) is 24.9 Å². The van der Waals surface area contributed by atoms with Crippen LogP contribution < -0.4 is 9.64 Å². The molecule has 5 nitrogen and oxygen atoms in total. The lowest BCUT2D eigenvalue weighted by Crippen LogP contribution is -2.18. The molecule has 27 heavy (non-hydrogen) atoms. The molecule has 0 aliphatic heterocycles. The van der Waals surface area contributed by atoms with Gasteiger partial charge in [0.05, 0.1) is 18.8 Å². The van der Waals surface area contributed by atoms with Crippen molar-refractivity contribution in [2.24, 2.45) is 5.92 Å². The quantitative estimate of drug-likeness (QED) is 0.666. The molecule has 0 fully saturated rings. The number of pyridine rings is 1. The van der Waals surface area contributed by atoms with Crippen LogP contribution in [0.3, 0.4) is 0 Å². The molecule has 1 aromatic carbocycles. The first kappa shape index (κ1) is 20.7. The lowest BCUT2D eigenvalue weighted by Gasteiger charge is -2.25. The van der Waals surface area contributed by atoms with Gasteiger partial charge in [-0.05, 0) is 48.7 Å². The Hall–Kier alpha value is -2.63. The molecule has 1 aromatic heterocycles. The molecule has 0 aliphatic rings. The van der Waals surface area contributed by atoms with E-state index < -0.39 is 12.6 Å². The monoisotopic (exact) mass is 374 g/mol. The Morgan fingerprint density at radius 2 is 2.00 bits per heavy atom. The molecule has 0 aliphatic carbocycles. The van der Waals surface area contributed by atoms with Crippen LogP contribution in [-0.4, -0.2) is 35.9 Å². The van der Waals surface area contributed by atoms with E-state index in [1.165, 1.54) is 6.20 Å². The maximum absolute atomic E-state index is 12.7. The second-order valence-electron chi connectivity index (χ2n) is 6.90. The maximum atomic E-state index is 12.7. The molecule has 1 heterocycles. The summed E-state index contributed by atoms with van der Waals surface area (Å²) in [5.74, 6) is 0.537. The van der Waals surface area contributed by atoms with Crippen LogP contribution in [0.2, 0.25) is 0 Å². The normalized spacial score (nSPS) is 12.1. The van der Waals surface area contributed by atoms with E-state index in [1.54, 1.807) is 12.1 Å². The standard InChI is InChI=1S/C21H27FN2O3/c1-5-24(20-9-6-16(12-23-20)21(25)26)17-7-8-19(18(10-17)14(2)3)27-13-15(4)11-22/h6-10,12,14-15H,5,11,13H2,1-4H3,(H,25,26). The highest BCUT2D eigenvalue weighted by Crippen LogP contribution is 2.33. The number of ether oxygens (including phenoxy) is 1. The van der Waals surface area contributed by atoms with Gasteiger partial charge in [0.15, 0.2) is 0 Å². The molecule has 146 valence electrons. The number of nitrogens with zero attached hydrogens (tertiary/aromatic N) is 2. The third-order valence-electron chi connectivity index (χ3n) is 4.30. The van der Waals surface area contributed by atoms with E-state index >= 15 is 0 Å². The SMILES string of the molecule is CCN(c1ccc(OCC(C)CF)c(C(C)C)c1)c1ccc(C(=O)O)cn1. The molecule has 2 aromatic rings. The Balaban J connectivity index is 2.32. The summed E-state index contributed by atoms with van der Waals surface area (Å²) in [6.07, 6.45) is 1.36. The molecule has 0 saturated heterocycles. The Morgan fingerprint density at radius 1 is 1.26 bits per heavy atom. The predicted octanol–water partition coefficient (Wildman–Crippen LogP) is 5.05. The van der Waals surface area contributed by atoms with Crippen LogP contribution in [-0.2, 0) is 0 Å².